The first-order chi connectivity index (χ1) is 5.70. The molecule has 1 rings (SSSR count). The van der Waals surface area contributed by atoms with Gasteiger partial charge in [-0.2, -0.15) is 0 Å². The normalized spacial score (nSPS) is 13.3. The summed E-state index contributed by atoms with van der Waals surface area (Å²) in [5.74, 6) is 0. The minimum Gasteiger partial charge on any atom is -0.309 e. The number of hydrogen-bond donors (Lipinski definition) is 0. The lowest BCUT2D eigenvalue weighted by Gasteiger charge is -2.15. The van der Waals surface area contributed by atoms with Gasteiger partial charge in [0.15, 0.2) is 0 Å². The van der Waals surface area contributed by atoms with E-state index in [-0.39, 0.29) is 0 Å². The fraction of sp³-hybridized carbons (Fsp3) is 0.444. The van der Waals surface area contributed by atoms with Crippen molar-refractivity contribution in [2.75, 3.05) is 20.6 Å². The molecule has 3 heteroatoms. The quantitative estimate of drug-likeness (QED) is 0.636. The average molecular weight is 177 g/mol. The highest BCUT2D eigenvalue weighted by Crippen LogP contribution is 2.08. The monoisotopic (exact) mass is 177 g/mol. The molecule has 0 amide bonds. The number of likely N-dealkylation sites (N-methyl/N-ethyl adjacent to an activating group) is 1. The van der Waals surface area contributed by atoms with Gasteiger partial charge in [-0.05, 0) is 26.2 Å². The van der Waals surface area contributed by atoms with E-state index in [4.69, 9.17) is 0 Å². The van der Waals surface area contributed by atoms with Crippen molar-refractivity contribution in [1.29, 1.82) is 0 Å². The summed E-state index contributed by atoms with van der Waals surface area (Å²) in [6, 6.07) is 5.96. The smallest absolute Gasteiger partial charge is 0.0412 e. The van der Waals surface area contributed by atoms with Crippen LogP contribution in [0.4, 0.5) is 0 Å². The molecule has 1 aromatic rings. The van der Waals surface area contributed by atoms with Gasteiger partial charge >= 0.3 is 0 Å². The minimum atomic E-state index is 0.321. The van der Waals surface area contributed by atoms with Crippen molar-refractivity contribution in [2.24, 2.45) is 0 Å². The highest BCUT2D eigenvalue weighted by molar-refractivity contribution is 6.12. The van der Waals surface area contributed by atoms with Crippen LogP contribution < -0.4 is 0 Å². The Labute approximate surface area is 77.0 Å². The Hall–Kier alpha value is -0.673. The van der Waals surface area contributed by atoms with Gasteiger partial charge in [0.2, 0.25) is 0 Å². The Kier molecular flexibility index (Phi) is 3.43. The standard InChI is InChI=1S/C9H13N2Si/c1-11(2)7-9(12)8-5-3-4-6-10-8/h3-6,9H,7H2,1-2H3. The van der Waals surface area contributed by atoms with Crippen molar-refractivity contribution < 1.29 is 0 Å². The van der Waals surface area contributed by atoms with Crippen LogP contribution in [0.25, 0.3) is 0 Å². The summed E-state index contributed by atoms with van der Waals surface area (Å²) in [6.45, 7) is 0.966. The lowest BCUT2D eigenvalue weighted by atomic mass is 10.2. The van der Waals surface area contributed by atoms with Gasteiger partial charge in [-0.3, -0.25) is 4.98 Å². The summed E-state index contributed by atoms with van der Waals surface area (Å²) in [5, 5.41) is 0. The molecule has 1 unspecified atom stereocenters. The third-order valence-corrected chi connectivity index (χ3v) is 2.07. The molecule has 63 valence electrons. The summed E-state index contributed by atoms with van der Waals surface area (Å²) in [6.07, 6.45) is 1.82. The Bertz CT molecular complexity index is 223. The Morgan fingerprint density at radius 3 is 2.75 bits per heavy atom. The lowest BCUT2D eigenvalue weighted by Crippen LogP contribution is -2.20. The average Bonchev–Trinajstić information content (AvgIpc) is 2.05. The first-order valence-electron chi connectivity index (χ1n) is 3.97. The first-order valence-corrected chi connectivity index (χ1v) is 4.54. The van der Waals surface area contributed by atoms with Gasteiger partial charge in [-0.1, -0.05) is 6.07 Å². The predicted molar refractivity (Wildman–Crippen MR) is 51.3 cm³/mol. The highest BCUT2D eigenvalue weighted by atomic mass is 28.1. The van der Waals surface area contributed by atoms with Gasteiger partial charge in [0.05, 0.1) is 0 Å². The first kappa shape index (κ1) is 9.42. The molecule has 0 aliphatic carbocycles. The van der Waals surface area contributed by atoms with E-state index in [0.29, 0.717) is 5.54 Å². The zero-order valence-electron chi connectivity index (χ0n) is 7.49. The highest BCUT2D eigenvalue weighted by Gasteiger charge is 2.06. The van der Waals surface area contributed by atoms with Crippen molar-refractivity contribution in [3.05, 3.63) is 30.1 Å². The summed E-state index contributed by atoms with van der Waals surface area (Å²) < 4.78 is 0. The summed E-state index contributed by atoms with van der Waals surface area (Å²) in [7, 11) is 7.74. The predicted octanol–water partition coefficient (Wildman–Crippen LogP) is 0.853. The zero-order chi connectivity index (χ0) is 8.97. The van der Waals surface area contributed by atoms with Crippen molar-refractivity contribution in [2.45, 2.75) is 5.54 Å². The summed E-state index contributed by atoms with van der Waals surface area (Å²) >= 11 is 0. The van der Waals surface area contributed by atoms with Crippen molar-refractivity contribution in [1.82, 2.24) is 9.88 Å². The van der Waals surface area contributed by atoms with Gasteiger partial charge in [-0.15, -0.1) is 0 Å². The fourth-order valence-corrected chi connectivity index (χ4v) is 1.58. The Balaban J connectivity index is 2.59. The molecule has 0 aliphatic rings. The number of hydrogen-bond acceptors (Lipinski definition) is 2. The molecular weight excluding hydrogens is 164 g/mol. The number of aromatic nitrogens is 1. The molecule has 12 heavy (non-hydrogen) atoms. The van der Waals surface area contributed by atoms with E-state index in [1.165, 1.54) is 0 Å². The van der Waals surface area contributed by atoms with Crippen molar-refractivity contribution >= 4 is 10.2 Å². The molecule has 0 saturated heterocycles. The molecule has 1 aromatic heterocycles. The van der Waals surface area contributed by atoms with Crippen LogP contribution in [-0.2, 0) is 0 Å². The number of pyridine rings is 1. The molecule has 0 aromatic carbocycles. The molecule has 2 nitrogen and oxygen atoms in total. The second-order valence-electron chi connectivity index (χ2n) is 3.07. The van der Waals surface area contributed by atoms with E-state index in [1.54, 1.807) is 0 Å². The van der Waals surface area contributed by atoms with Crippen LogP contribution in [0.1, 0.15) is 11.2 Å². The third-order valence-electron chi connectivity index (χ3n) is 1.59. The SMILES string of the molecule is CN(C)CC([Si])c1ccccn1. The van der Waals surface area contributed by atoms with Crippen LogP contribution in [0.2, 0.25) is 0 Å². The lowest BCUT2D eigenvalue weighted by molar-refractivity contribution is 0.405. The van der Waals surface area contributed by atoms with E-state index < -0.39 is 0 Å². The van der Waals surface area contributed by atoms with E-state index in [0.717, 1.165) is 12.2 Å². The third kappa shape index (κ3) is 2.75. The van der Waals surface area contributed by atoms with Crippen molar-refractivity contribution in [3.63, 3.8) is 0 Å². The molecule has 0 aliphatic heterocycles. The van der Waals surface area contributed by atoms with Gasteiger partial charge in [0, 0.05) is 34.2 Å². The Morgan fingerprint density at radius 1 is 1.50 bits per heavy atom. The van der Waals surface area contributed by atoms with E-state index in [9.17, 15) is 0 Å². The van der Waals surface area contributed by atoms with Crippen molar-refractivity contribution in [3.8, 4) is 0 Å². The minimum absolute atomic E-state index is 0.321. The molecule has 3 radical (unpaired) electrons. The van der Waals surface area contributed by atoms with Crippen LogP contribution in [0, 0.1) is 0 Å². The maximum absolute atomic E-state index is 4.26. The largest absolute Gasteiger partial charge is 0.309 e. The Morgan fingerprint density at radius 2 is 2.25 bits per heavy atom. The number of rotatable bonds is 3. The van der Waals surface area contributed by atoms with Crippen LogP contribution in [0.15, 0.2) is 24.4 Å². The molecule has 0 fully saturated rings. The van der Waals surface area contributed by atoms with E-state index in [2.05, 4.69) is 34.2 Å². The van der Waals surface area contributed by atoms with E-state index >= 15 is 0 Å². The maximum Gasteiger partial charge on any atom is 0.0412 e. The molecule has 0 saturated carbocycles. The second kappa shape index (κ2) is 4.38. The molecular formula is C9H13N2Si. The zero-order valence-corrected chi connectivity index (χ0v) is 8.49. The van der Waals surface area contributed by atoms with Crippen LogP contribution in [0.5, 0.6) is 0 Å². The summed E-state index contributed by atoms with van der Waals surface area (Å²) in [5.41, 5.74) is 1.41. The van der Waals surface area contributed by atoms with Crippen LogP contribution in [-0.4, -0.2) is 40.8 Å². The molecule has 0 spiro atoms. The van der Waals surface area contributed by atoms with Gasteiger partial charge in [0.1, 0.15) is 0 Å². The molecule has 0 N–H and O–H groups in total. The maximum atomic E-state index is 4.26. The fourth-order valence-electron chi connectivity index (χ4n) is 1.04. The topological polar surface area (TPSA) is 16.1 Å². The molecule has 1 heterocycles. The second-order valence-corrected chi connectivity index (χ2v) is 3.77. The van der Waals surface area contributed by atoms with Gasteiger partial charge in [0.25, 0.3) is 0 Å². The molecule has 0 bridgehead atoms. The van der Waals surface area contributed by atoms with Gasteiger partial charge < -0.3 is 4.90 Å². The van der Waals surface area contributed by atoms with E-state index in [1.807, 2.05) is 24.4 Å². The van der Waals surface area contributed by atoms with Gasteiger partial charge in [-0.25, -0.2) is 0 Å². The number of nitrogens with zero attached hydrogens (tertiary/aromatic N) is 2. The van der Waals surface area contributed by atoms with Crippen LogP contribution in [0.3, 0.4) is 0 Å². The van der Waals surface area contributed by atoms with Crippen LogP contribution >= 0.6 is 0 Å². The summed E-state index contributed by atoms with van der Waals surface area (Å²) in [4.78, 5) is 6.39. The molecule has 1 atom stereocenters.